The summed E-state index contributed by atoms with van der Waals surface area (Å²) >= 11 is 11.9. The van der Waals surface area contributed by atoms with Crippen LogP contribution >= 0.6 is 23.2 Å². The minimum absolute atomic E-state index is 0.111. The first-order valence-corrected chi connectivity index (χ1v) is 10.3. The van der Waals surface area contributed by atoms with E-state index in [-0.39, 0.29) is 24.2 Å². The second-order valence-electron chi connectivity index (χ2n) is 7.93. The second kappa shape index (κ2) is 7.85. The van der Waals surface area contributed by atoms with Gasteiger partial charge in [0.2, 0.25) is 5.91 Å². The summed E-state index contributed by atoms with van der Waals surface area (Å²) in [5, 5.41) is 3.78. The van der Waals surface area contributed by atoms with Gasteiger partial charge < -0.3 is 10.1 Å². The van der Waals surface area contributed by atoms with E-state index in [1.807, 2.05) is 24.3 Å². The summed E-state index contributed by atoms with van der Waals surface area (Å²) in [7, 11) is 0. The third-order valence-corrected chi connectivity index (χ3v) is 6.55. The Bertz CT molecular complexity index is 986. The number of allylic oxidation sites excluding steroid dienone is 1. The summed E-state index contributed by atoms with van der Waals surface area (Å²) in [6.07, 6.45) is 2.39. The lowest BCUT2D eigenvalue weighted by Gasteiger charge is -2.24. The van der Waals surface area contributed by atoms with E-state index in [4.69, 9.17) is 27.9 Å². The van der Waals surface area contributed by atoms with Gasteiger partial charge in [-0.3, -0.25) is 9.59 Å². The molecule has 29 heavy (non-hydrogen) atoms. The highest BCUT2D eigenvalue weighted by molar-refractivity contribution is 6.42. The molecule has 150 valence electrons. The number of hydrogen-bond acceptors (Lipinski definition) is 3. The molecule has 4 nitrogen and oxygen atoms in total. The van der Waals surface area contributed by atoms with Crippen LogP contribution < -0.4 is 5.32 Å². The molecule has 1 saturated carbocycles. The fraction of sp³-hybridized carbons (Fsp3) is 0.304. The van der Waals surface area contributed by atoms with Crippen LogP contribution in [0.4, 0.5) is 5.69 Å². The van der Waals surface area contributed by atoms with Gasteiger partial charge in [-0.15, -0.1) is 0 Å². The molecule has 2 fully saturated rings. The van der Waals surface area contributed by atoms with Crippen molar-refractivity contribution >= 4 is 40.8 Å². The minimum atomic E-state index is -0.476. The number of fused-ring (bicyclic) bond motifs is 1. The van der Waals surface area contributed by atoms with Crippen LogP contribution in [0.15, 0.2) is 54.6 Å². The number of rotatable bonds is 5. The van der Waals surface area contributed by atoms with E-state index in [0.717, 1.165) is 23.1 Å². The lowest BCUT2D eigenvalue weighted by molar-refractivity contribution is -0.146. The molecule has 2 aromatic rings. The van der Waals surface area contributed by atoms with Crippen LogP contribution in [-0.2, 0) is 27.2 Å². The molecule has 1 aliphatic heterocycles. The first kappa shape index (κ1) is 20.0. The maximum absolute atomic E-state index is 12.4. The summed E-state index contributed by atoms with van der Waals surface area (Å²) in [6.45, 7) is 4.57. The molecule has 0 aromatic heterocycles. The highest BCUT2D eigenvalue weighted by atomic mass is 35.5. The van der Waals surface area contributed by atoms with Gasteiger partial charge in [0, 0.05) is 11.6 Å². The summed E-state index contributed by atoms with van der Waals surface area (Å²) in [5.74, 6) is -0.0329. The van der Waals surface area contributed by atoms with Crippen LogP contribution in [0, 0.1) is 11.3 Å². The first-order chi connectivity index (χ1) is 13.9. The van der Waals surface area contributed by atoms with E-state index in [1.165, 1.54) is 0 Å². The molecule has 0 radical (unpaired) electrons. The number of carbonyl (C=O) groups is 2. The van der Waals surface area contributed by atoms with Crippen molar-refractivity contribution in [2.75, 3.05) is 11.9 Å². The molecule has 2 aliphatic rings. The number of halogens is 2. The topological polar surface area (TPSA) is 55.4 Å². The average molecular weight is 430 g/mol. The van der Waals surface area contributed by atoms with Gasteiger partial charge in [0.1, 0.15) is 0 Å². The molecule has 1 saturated heterocycles. The van der Waals surface area contributed by atoms with E-state index < -0.39 is 5.41 Å². The van der Waals surface area contributed by atoms with E-state index in [2.05, 4.69) is 11.9 Å². The fourth-order valence-electron chi connectivity index (χ4n) is 4.37. The van der Waals surface area contributed by atoms with Crippen LogP contribution in [0.3, 0.4) is 0 Å². The molecule has 0 bridgehead atoms. The van der Waals surface area contributed by atoms with Crippen molar-refractivity contribution in [3.8, 4) is 0 Å². The number of anilines is 1. The Morgan fingerprint density at radius 3 is 2.59 bits per heavy atom. The van der Waals surface area contributed by atoms with E-state index in [9.17, 15) is 9.59 Å². The third kappa shape index (κ3) is 4.05. The van der Waals surface area contributed by atoms with Crippen LogP contribution in [-0.4, -0.2) is 18.5 Å². The van der Waals surface area contributed by atoms with Gasteiger partial charge in [0.05, 0.1) is 28.5 Å². The lowest BCUT2D eigenvalue weighted by atomic mass is 9.75. The molecular weight excluding hydrogens is 409 g/mol. The number of ether oxygens (including phenoxy) is 1. The Balaban J connectivity index is 1.40. The Morgan fingerprint density at radius 2 is 1.86 bits per heavy atom. The number of benzene rings is 2. The number of nitrogens with one attached hydrogen (secondary N) is 1. The number of esters is 1. The molecular formula is C23H21Cl2NO3. The van der Waals surface area contributed by atoms with Crippen molar-refractivity contribution in [1.29, 1.82) is 0 Å². The fourth-order valence-corrected chi connectivity index (χ4v) is 4.69. The van der Waals surface area contributed by atoms with Gasteiger partial charge >= 0.3 is 5.97 Å². The minimum Gasteiger partial charge on any atom is -0.465 e. The van der Waals surface area contributed by atoms with Crippen molar-refractivity contribution in [2.24, 2.45) is 11.3 Å². The molecule has 2 unspecified atom stereocenters. The summed E-state index contributed by atoms with van der Waals surface area (Å²) in [4.78, 5) is 24.7. The number of carbonyl (C=O) groups excluding carboxylic acids is 2. The molecule has 1 amide bonds. The summed E-state index contributed by atoms with van der Waals surface area (Å²) in [5.41, 5.74) is 3.19. The largest absolute Gasteiger partial charge is 0.465 e. The van der Waals surface area contributed by atoms with Gasteiger partial charge in [-0.05, 0) is 54.7 Å². The number of hydrogen-bond donors (Lipinski definition) is 1. The zero-order chi connectivity index (χ0) is 20.6. The Hall–Kier alpha value is -2.30. The van der Waals surface area contributed by atoms with Gasteiger partial charge in [-0.25, -0.2) is 0 Å². The predicted molar refractivity (Wildman–Crippen MR) is 114 cm³/mol. The molecule has 2 aromatic carbocycles. The van der Waals surface area contributed by atoms with Gasteiger partial charge in [0.25, 0.3) is 0 Å². The third-order valence-electron chi connectivity index (χ3n) is 5.81. The normalized spacial score (nSPS) is 23.0. The van der Waals surface area contributed by atoms with E-state index >= 15 is 0 Å². The molecule has 1 N–H and O–H groups in total. The quantitative estimate of drug-likeness (QED) is 0.522. The van der Waals surface area contributed by atoms with Crippen LogP contribution in [0.1, 0.15) is 24.0 Å². The number of amides is 1. The lowest BCUT2D eigenvalue weighted by Crippen LogP contribution is -2.31. The zero-order valence-electron chi connectivity index (χ0n) is 15.8. The van der Waals surface area contributed by atoms with Crippen molar-refractivity contribution in [3.63, 3.8) is 0 Å². The highest BCUT2D eigenvalue weighted by Crippen LogP contribution is 2.52. The molecule has 1 aliphatic carbocycles. The molecule has 6 heteroatoms. The highest BCUT2D eigenvalue weighted by Gasteiger charge is 2.55. The van der Waals surface area contributed by atoms with Crippen LogP contribution in [0.2, 0.25) is 10.0 Å². The Kier molecular flexibility index (Phi) is 5.41. The van der Waals surface area contributed by atoms with Crippen molar-refractivity contribution in [1.82, 2.24) is 0 Å². The van der Waals surface area contributed by atoms with Crippen molar-refractivity contribution in [3.05, 3.63) is 75.8 Å². The molecule has 4 rings (SSSR count). The SMILES string of the molecule is C=C1CC2COC(=O)C2(Cc2ccc(NC(=O)Cc3ccc(Cl)c(Cl)c3)cc2)C1. The summed E-state index contributed by atoms with van der Waals surface area (Å²) < 4.78 is 5.34. The Labute approximate surface area is 179 Å². The zero-order valence-corrected chi connectivity index (χ0v) is 17.4. The standard InChI is InChI=1S/C23H21Cl2NO3/c1-14-8-17-13-29-22(28)23(17,11-14)12-15-2-5-18(6-3-15)26-21(27)10-16-4-7-19(24)20(25)9-16/h2-7,9,17H,1,8,10-13H2,(H,26,27). The molecule has 2 atom stereocenters. The van der Waals surface area contributed by atoms with Gasteiger partial charge in [-0.1, -0.05) is 53.6 Å². The second-order valence-corrected chi connectivity index (χ2v) is 8.74. The van der Waals surface area contributed by atoms with E-state index in [0.29, 0.717) is 35.2 Å². The molecule has 0 spiro atoms. The van der Waals surface area contributed by atoms with Crippen molar-refractivity contribution < 1.29 is 14.3 Å². The first-order valence-electron chi connectivity index (χ1n) is 9.52. The predicted octanol–water partition coefficient (Wildman–Crippen LogP) is 5.23. The smallest absolute Gasteiger partial charge is 0.313 e. The van der Waals surface area contributed by atoms with Gasteiger partial charge in [-0.2, -0.15) is 0 Å². The van der Waals surface area contributed by atoms with E-state index in [1.54, 1.807) is 18.2 Å². The van der Waals surface area contributed by atoms with Crippen LogP contribution in [0.5, 0.6) is 0 Å². The average Bonchev–Trinajstić information content (AvgIpc) is 3.14. The van der Waals surface area contributed by atoms with Crippen LogP contribution in [0.25, 0.3) is 0 Å². The monoisotopic (exact) mass is 429 g/mol. The number of cyclic esters (lactones) is 1. The van der Waals surface area contributed by atoms with Gasteiger partial charge in [0.15, 0.2) is 0 Å². The summed E-state index contributed by atoms with van der Waals surface area (Å²) in [6, 6.07) is 12.8. The maximum atomic E-state index is 12.4. The molecule has 1 heterocycles. The maximum Gasteiger partial charge on any atom is 0.313 e. The Morgan fingerprint density at radius 1 is 1.14 bits per heavy atom. The van der Waals surface area contributed by atoms with Crippen molar-refractivity contribution in [2.45, 2.75) is 25.7 Å².